The molecule has 3 aromatic rings. The molecule has 0 saturated carbocycles. The summed E-state index contributed by atoms with van der Waals surface area (Å²) in [6, 6.07) is 13.4. The van der Waals surface area contributed by atoms with E-state index in [1.165, 1.54) is 42.8 Å². The molecule has 0 bridgehead atoms. The summed E-state index contributed by atoms with van der Waals surface area (Å²) in [5.41, 5.74) is 1.78. The van der Waals surface area contributed by atoms with E-state index in [9.17, 15) is 22.8 Å². The van der Waals surface area contributed by atoms with E-state index in [4.69, 9.17) is 9.47 Å². The van der Waals surface area contributed by atoms with Gasteiger partial charge in [-0.2, -0.15) is 4.31 Å². The maximum atomic E-state index is 13.5. The third-order valence-corrected chi connectivity index (χ3v) is 8.90. The molecule has 1 aliphatic rings. The third kappa shape index (κ3) is 4.83. The van der Waals surface area contributed by atoms with Crippen LogP contribution in [0.4, 0.5) is 5.69 Å². The summed E-state index contributed by atoms with van der Waals surface area (Å²) in [4.78, 5) is 37.8. The van der Waals surface area contributed by atoms with Gasteiger partial charge in [-0.05, 0) is 47.2 Å². The van der Waals surface area contributed by atoms with Gasteiger partial charge >= 0.3 is 11.9 Å². The second kappa shape index (κ2) is 9.98. The standard InChI is InChI=1S/C24H22N2O7S2/c1-32-23(28)16-9-10-18(24(29)33-2)19(12-16)25-22(27)20-13-15-6-3-4-7-17(15)14-26(20)35(30,31)21-8-5-11-34-21/h3-12,20H,13-14H2,1-2H3,(H,25,27)/t20-/m0/s1. The molecule has 11 heteroatoms. The Morgan fingerprint density at radius 3 is 2.34 bits per heavy atom. The minimum absolute atomic E-state index is 0.0112. The Labute approximate surface area is 206 Å². The van der Waals surface area contributed by atoms with Gasteiger partial charge in [0, 0.05) is 6.54 Å². The lowest BCUT2D eigenvalue weighted by Gasteiger charge is -2.34. The molecule has 0 radical (unpaired) electrons. The van der Waals surface area contributed by atoms with E-state index in [2.05, 4.69) is 5.32 Å². The molecule has 1 atom stereocenters. The molecule has 35 heavy (non-hydrogen) atoms. The Bertz CT molecular complexity index is 1380. The van der Waals surface area contributed by atoms with E-state index >= 15 is 0 Å². The second-order valence-electron chi connectivity index (χ2n) is 7.70. The molecule has 0 fully saturated rings. The fraction of sp³-hybridized carbons (Fsp3) is 0.208. The summed E-state index contributed by atoms with van der Waals surface area (Å²) in [6.45, 7) is 0.0144. The average Bonchev–Trinajstić information content (AvgIpc) is 3.43. The van der Waals surface area contributed by atoms with Crippen LogP contribution in [0, 0.1) is 0 Å². The van der Waals surface area contributed by atoms with Gasteiger partial charge in [0.15, 0.2) is 0 Å². The number of hydrogen-bond donors (Lipinski definition) is 1. The summed E-state index contributed by atoms with van der Waals surface area (Å²) in [5, 5.41) is 4.30. The topological polar surface area (TPSA) is 119 Å². The molecule has 0 spiro atoms. The van der Waals surface area contributed by atoms with E-state index in [-0.39, 0.29) is 34.0 Å². The lowest BCUT2D eigenvalue weighted by atomic mass is 9.95. The zero-order chi connectivity index (χ0) is 25.2. The van der Waals surface area contributed by atoms with Crippen LogP contribution >= 0.6 is 11.3 Å². The number of hydrogen-bond acceptors (Lipinski definition) is 8. The zero-order valence-corrected chi connectivity index (χ0v) is 20.5. The van der Waals surface area contributed by atoms with Crippen LogP contribution in [0.3, 0.4) is 0 Å². The summed E-state index contributed by atoms with van der Waals surface area (Å²) in [7, 11) is -1.58. The number of ether oxygens (including phenoxy) is 2. The van der Waals surface area contributed by atoms with Crippen LogP contribution in [0.5, 0.6) is 0 Å². The van der Waals surface area contributed by atoms with Crippen molar-refractivity contribution in [3.63, 3.8) is 0 Å². The van der Waals surface area contributed by atoms with Gasteiger partial charge in [-0.3, -0.25) is 4.79 Å². The molecular weight excluding hydrogens is 492 g/mol. The molecule has 0 unspecified atom stereocenters. The van der Waals surface area contributed by atoms with Crippen molar-refractivity contribution < 1.29 is 32.3 Å². The minimum atomic E-state index is -3.98. The predicted octanol–water partition coefficient (Wildman–Crippen LogP) is 3.08. The normalized spacial score (nSPS) is 15.7. The Morgan fingerprint density at radius 2 is 1.69 bits per heavy atom. The van der Waals surface area contributed by atoms with Gasteiger partial charge in [0.2, 0.25) is 5.91 Å². The van der Waals surface area contributed by atoms with Crippen LogP contribution in [-0.4, -0.2) is 50.8 Å². The van der Waals surface area contributed by atoms with Crippen LogP contribution in [0.1, 0.15) is 31.8 Å². The molecule has 182 valence electrons. The van der Waals surface area contributed by atoms with Gasteiger partial charge in [0.05, 0.1) is 31.0 Å². The highest BCUT2D eigenvalue weighted by Crippen LogP contribution is 2.32. The molecule has 1 amide bonds. The molecule has 1 N–H and O–H groups in total. The van der Waals surface area contributed by atoms with E-state index in [1.807, 2.05) is 24.3 Å². The van der Waals surface area contributed by atoms with Crippen LogP contribution < -0.4 is 5.32 Å². The first kappa shape index (κ1) is 24.6. The number of carbonyl (C=O) groups is 3. The van der Waals surface area contributed by atoms with Gasteiger partial charge in [-0.1, -0.05) is 30.3 Å². The number of benzene rings is 2. The van der Waals surface area contributed by atoms with E-state index in [1.54, 1.807) is 11.4 Å². The molecular formula is C24H22N2O7S2. The summed E-state index contributed by atoms with van der Waals surface area (Å²) < 4.78 is 37.7. The first-order valence-corrected chi connectivity index (χ1v) is 12.8. The second-order valence-corrected chi connectivity index (χ2v) is 10.8. The average molecular weight is 515 g/mol. The van der Waals surface area contributed by atoms with Crippen molar-refractivity contribution in [2.24, 2.45) is 0 Å². The smallest absolute Gasteiger partial charge is 0.339 e. The molecule has 9 nitrogen and oxygen atoms in total. The van der Waals surface area contributed by atoms with Gasteiger partial charge in [0.1, 0.15) is 10.3 Å². The molecule has 0 saturated heterocycles. The van der Waals surface area contributed by atoms with Gasteiger partial charge in [0.25, 0.3) is 10.0 Å². The van der Waals surface area contributed by atoms with Crippen molar-refractivity contribution in [2.75, 3.05) is 19.5 Å². The number of fused-ring (bicyclic) bond motifs is 1. The Morgan fingerprint density at radius 1 is 0.971 bits per heavy atom. The molecule has 2 aromatic carbocycles. The monoisotopic (exact) mass is 514 g/mol. The number of carbonyl (C=O) groups excluding carboxylic acids is 3. The van der Waals surface area contributed by atoms with Crippen LogP contribution in [0.2, 0.25) is 0 Å². The molecule has 0 aliphatic carbocycles. The molecule has 1 aliphatic heterocycles. The van der Waals surface area contributed by atoms with E-state index < -0.39 is 33.9 Å². The Kier molecular flexibility index (Phi) is 7.01. The highest BCUT2D eigenvalue weighted by molar-refractivity contribution is 7.91. The lowest BCUT2D eigenvalue weighted by molar-refractivity contribution is -0.120. The highest BCUT2D eigenvalue weighted by atomic mass is 32.2. The third-order valence-electron chi connectivity index (χ3n) is 5.67. The van der Waals surface area contributed by atoms with E-state index in [0.717, 1.165) is 22.5 Å². The fourth-order valence-electron chi connectivity index (χ4n) is 3.90. The maximum Gasteiger partial charge on any atom is 0.339 e. The van der Waals surface area contributed by atoms with Crippen molar-refractivity contribution >= 4 is 44.9 Å². The maximum absolute atomic E-state index is 13.5. The van der Waals surface area contributed by atoms with Crippen LogP contribution in [0.15, 0.2) is 64.2 Å². The SMILES string of the molecule is COC(=O)c1ccc(C(=O)OC)c(NC(=O)[C@@H]2Cc3ccccc3CN2S(=O)(=O)c2cccs2)c1. The van der Waals surface area contributed by atoms with Crippen LogP contribution in [0.25, 0.3) is 0 Å². The molecule has 1 aromatic heterocycles. The number of methoxy groups -OCH3 is 2. The Balaban J connectivity index is 1.74. The van der Waals surface area contributed by atoms with Crippen molar-refractivity contribution in [1.29, 1.82) is 0 Å². The number of nitrogens with zero attached hydrogens (tertiary/aromatic N) is 1. The summed E-state index contributed by atoms with van der Waals surface area (Å²) >= 11 is 1.07. The number of amides is 1. The zero-order valence-electron chi connectivity index (χ0n) is 18.9. The highest BCUT2D eigenvalue weighted by Gasteiger charge is 2.40. The Hall–Kier alpha value is -3.54. The van der Waals surface area contributed by atoms with Crippen molar-refractivity contribution in [3.8, 4) is 0 Å². The number of rotatable bonds is 6. The minimum Gasteiger partial charge on any atom is -0.465 e. The first-order chi connectivity index (χ1) is 16.8. The van der Waals surface area contributed by atoms with Crippen molar-refractivity contribution in [3.05, 3.63) is 82.2 Å². The van der Waals surface area contributed by atoms with Crippen molar-refractivity contribution in [1.82, 2.24) is 4.31 Å². The van der Waals surface area contributed by atoms with Gasteiger partial charge in [-0.25, -0.2) is 18.0 Å². The lowest BCUT2D eigenvalue weighted by Crippen LogP contribution is -2.50. The van der Waals surface area contributed by atoms with E-state index in [0.29, 0.717) is 0 Å². The van der Waals surface area contributed by atoms with Gasteiger partial charge < -0.3 is 14.8 Å². The quantitative estimate of drug-likeness (QED) is 0.502. The predicted molar refractivity (Wildman–Crippen MR) is 129 cm³/mol. The number of thiophene rings is 1. The number of sulfonamides is 1. The van der Waals surface area contributed by atoms with Crippen molar-refractivity contribution in [2.45, 2.75) is 23.2 Å². The first-order valence-electron chi connectivity index (χ1n) is 10.5. The molecule has 4 rings (SSSR count). The molecule has 2 heterocycles. The summed E-state index contributed by atoms with van der Waals surface area (Å²) in [5.74, 6) is -2.04. The van der Waals surface area contributed by atoms with Gasteiger partial charge in [-0.15, -0.1) is 11.3 Å². The largest absolute Gasteiger partial charge is 0.465 e. The number of nitrogens with one attached hydrogen (secondary N) is 1. The number of esters is 2. The fourth-order valence-corrected chi connectivity index (χ4v) is 6.58. The number of anilines is 1. The summed E-state index contributed by atoms with van der Waals surface area (Å²) in [6.07, 6.45) is 0.136. The van der Waals surface area contributed by atoms with Crippen LogP contribution in [-0.2, 0) is 37.3 Å².